The average Bonchev–Trinajstić information content (AvgIpc) is 2.71. The van der Waals surface area contributed by atoms with Gasteiger partial charge in [0, 0.05) is 30.7 Å². The third-order valence-corrected chi connectivity index (χ3v) is 5.24. The van der Waals surface area contributed by atoms with E-state index in [1.54, 1.807) is 19.2 Å². The summed E-state index contributed by atoms with van der Waals surface area (Å²) >= 11 is 6.28. The summed E-state index contributed by atoms with van der Waals surface area (Å²) in [6.07, 6.45) is 4.89. The molecule has 1 aromatic carbocycles. The minimum absolute atomic E-state index is 0.0850. The molecule has 2 saturated heterocycles. The molecule has 0 aliphatic carbocycles. The first kappa shape index (κ1) is 14.7. The first-order valence-electron chi connectivity index (χ1n) is 7.58. The van der Waals surface area contributed by atoms with E-state index in [4.69, 9.17) is 11.6 Å². The smallest absolute Gasteiger partial charge is 0.251 e. The summed E-state index contributed by atoms with van der Waals surface area (Å²) in [5, 5.41) is 6.87. The number of hydrogen-bond acceptors (Lipinski definition) is 3. The molecule has 2 N–H and O–H groups in total. The average molecular weight is 308 g/mol. The molecule has 5 heteroatoms. The summed E-state index contributed by atoms with van der Waals surface area (Å²) < 4.78 is 0. The highest BCUT2D eigenvalue weighted by Crippen LogP contribution is 2.36. The SMILES string of the molecule is CNC(=O)c1ccc(Cl)c(NC2CC3CCC(C2)N3C)c1. The predicted molar refractivity (Wildman–Crippen MR) is 86.1 cm³/mol. The molecule has 3 rings (SSSR count). The Morgan fingerprint density at radius 3 is 2.57 bits per heavy atom. The van der Waals surface area contributed by atoms with Crippen molar-refractivity contribution >= 4 is 23.2 Å². The molecule has 0 radical (unpaired) electrons. The van der Waals surface area contributed by atoms with Gasteiger partial charge in [0.05, 0.1) is 10.7 Å². The van der Waals surface area contributed by atoms with Gasteiger partial charge < -0.3 is 15.5 Å². The first-order chi connectivity index (χ1) is 10.1. The summed E-state index contributed by atoms with van der Waals surface area (Å²) in [4.78, 5) is 14.3. The number of amides is 1. The maximum atomic E-state index is 11.7. The normalized spacial score (nSPS) is 28.4. The minimum atomic E-state index is -0.0850. The number of fused-ring (bicyclic) bond motifs is 2. The van der Waals surface area contributed by atoms with Crippen LogP contribution in [-0.4, -0.2) is 43.0 Å². The van der Waals surface area contributed by atoms with Gasteiger partial charge in [0.25, 0.3) is 5.91 Å². The van der Waals surface area contributed by atoms with Gasteiger partial charge in [0.2, 0.25) is 0 Å². The highest BCUT2D eigenvalue weighted by atomic mass is 35.5. The fourth-order valence-electron chi connectivity index (χ4n) is 3.67. The Labute approximate surface area is 130 Å². The van der Waals surface area contributed by atoms with Crippen LogP contribution in [0.25, 0.3) is 0 Å². The Morgan fingerprint density at radius 1 is 1.29 bits per heavy atom. The molecule has 2 aliphatic heterocycles. The van der Waals surface area contributed by atoms with Crippen molar-refractivity contribution in [2.45, 2.75) is 43.8 Å². The second kappa shape index (κ2) is 5.85. The van der Waals surface area contributed by atoms with E-state index in [1.165, 1.54) is 12.8 Å². The van der Waals surface area contributed by atoms with E-state index >= 15 is 0 Å². The second-order valence-electron chi connectivity index (χ2n) is 6.14. The van der Waals surface area contributed by atoms with Crippen molar-refractivity contribution in [3.05, 3.63) is 28.8 Å². The van der Waals surface area contributed by atoms with Crippen molar-refractivity contribution in [3.8, 4) is 0 Å². The van der Waals surface area contributed by atoms with Gasteiger partial charge in [-0.1, -0.05) is 11.6 Å². The zero-order valence-corrected chi connectivity index (χ0v) is 13.3. The van der Waals surface area contributed by atoms with Crippen LogP contribution in [-0.2, 0) is 0 Å². The lowest BCUT2D eigenvalue weighted by Crippen LogP contribution is -2.44. The molecule has 0 spiro atoms. The molecule has 2 bridgehead atoms. The summed E-state index contributed by atoms with van der Waals surface area (Å²) in [5.41, 5.74) is 1.51. The van der Waals surface area contributed by atoms with Crippen molar-refractivity contribution in [2.24, 2.45) is 0 Å². The van der Waals surface area contributed by atoms with E-state index in [0.717, 1.165) is 18.5 Å². The molecule has 1 aromatic rings. The van der Waals surface area contributed by atoms with Crippen LogP contribution in [0.2, 0.25) is 5.02 Å². The van der Waals surface area contributed by atoms with Gasteiger partial charge in [-0.25, -0.2) is 0 Å². The lowest BCUT2D eigenvalue weighted by Gasteiger charge is -2.37. The Balaban J connectivity index is 1.74. The molecule has 0 aromatic heterocycles. The van der Waals surface area contributed by atoms with E-state index in [2.05, 4.69) is 22.6 Å². The highest BCUT2D eigenvalue weighted by molar-refractivity contribution is 6.33. The van der Waals surface area contributed by atoms with Crippen LogP contribution in [0.4, 0.5) is 5.69 Å². The summed E-state index contributed by atoms with van der Waals surface area (Å²) in [7, 11) is 3.87. The van der Waals surface area contributed by atoms with Crippen molar-refractivity contribution in [1.82, 2.24) is 10.2 Å². The number of piperidine rings is 1. The largest absolute Gasteiger partial charge is 0.381 e. The van der Waals surface area contributed by atoms with Crippen LogP contribution in [0, 0.1) is 0 Å². The standard InChI is InChI=1S/C16H22ClN3O/c1-18-16(21)10-3-6-14(17)15(7-10)19-11-8-12-4-5-13(9-11)20(12)2/h3,6-7,11-13,19H,4-5,8-9H2,1-2H3,(H,18,21). The number of carbonyl (C=O) groups is 1. The Bertz CT molecular complexity index is 534. The number of rotatable bonds is 3. The van der Waals surface area contributed by atoms with Gasteiger partial charge in [-0.05, 0) is 50.9 Å². The molecule has 1 amide bonds. The second-order valence-corrected chi connectivity index (χ2v) is 6.54. The Hall–Kier alpha value is -1.26. The molecular weight excluding hydrogens is 286 g/mol. The predicted octanol–water partition coefficient (Wildman–Crippen LogP) is 2.74. The summed E-state index contributed by atoms with van der Waals surface area (Å²) in [5.74, 6) is -0.0850. The molecule has 2 atom stereocenters. The number of benzene rings is 1. The van der Waals surface area contributed by atoms with Crippen molar-refractivity contribution < 1.29 is 4.79 Å². The van der Waals surface area contributed by atoms with Gasteiger partial charge in [-0.3, -0.25) is 4.79 Å². The van der Waals surface area contributed by atoms with E-state index in [-0.39, 0.29) is 5.91 Å². The van der Waals surface area contributed by atoms with Crippen molar-refractivity contribution in [3.63, 3.8) is 0 Å². The van der Waals surface area contributed by atoms with Crippen molar-refractivity contribution in [2.75, 3.05) is 19.4 Å². The van der Waals surface area contributed by atoms with Gasteiger partial charge in [-0.2, -0.15) is 0 Å². The van der Waals surface area contributed by atoms with E-state index in [1.807, 2.05) is 6.07 Å². The maximum Gasteiger partial charge on any atom is 0.251 e. The molecular formula is C16H22ClN3O. The monoisotopic (exact) mass is 307 g/mol. The van der Waals surface area contributed by atoms with Crippen LogP contribution >= 0.6 is 11.6 Å². The van der Waals surface area contributed by atoms with Crippen LogP contribution in [0.5, 0.6) is 0 Å². The number of nitrogens with zero attached hydrogens (tertiary/aromatic N) is 1. The minimum Gasteiger partial charge on any atom is -0.381 e. The number of halogens is 1. The molecule has 21 heavy (non-hydrogen) atoms. The molecule has 2 unspecified atom stereocenters. The summed E-state index contributed by atoms with van der Waals surface area (Å²) in [6.45, 7) is 0. The van der Waals surface area contributed by atoms with Gasteiger partial charge >= 0.3 is 0 Å². The lowest BCUT2D eigenvalue weighted by molar-refractivity contribution is 0.0963. The first-order valence-corrected chi connectivity index (χ1v) is 7.96. The lowest BCUT2D eigenvalue weighted by atomic mass is 9.97. The molecule has 0 saturated carbocycles. The fraction of sp³-hybridized carbons (Fsp3) is 0.562. The van der Waals surface area contributed by atoms with Crippen LogP contribution in [0.3, 0.4) is 0 Å². The fourth-order valence-corrected chi connectivity index (χ4v) is 3.84. The summed E-state index contributed by atoms with van der Waals surface area (Å²) in [6, 6.07) is 7.20. The van der Waals surface area contributed by atoms with Crippen LogP contribution in [0.1, 0.15) is 36.0 Å². The molecule has 2 heterocycles. The maximum absolute atomic E-state index is 11.7. The number of hydrogen-bond donors (Lipinski definition) is 2. The van der Waals surface area contributed by atoms with Crippen LogP contribution < -0.4 is 10.6 Å². The van der Waals surface area contributed by atoms with Gasteiger partial charge in [0.1, 0.15) is 0 Å². The van der Waals surface area contributed by atoms with Crippen LogP contribution in [0.15, 0.2) is 18.2 Å². The third-order valence-electron chi connectivity index (χ3n) is 4.91. The number of nitrogens with one attached hydrogen (secondary N) is 2. The number of anilines is 1. The number of carbonyl (C=O) groups excluding carboxylic acids is 1. The van der Waals surface area contributed by atoms with E-state index in [9.17, 15) is 4.79 Å². The Morgan fingerprint density at radius 2 is 1.95 bits per heavy atom. The van der Waals surface area contributed by atoms with Gasteiger partial charge in [0.15, 0.2) is 0 Å². The van der Waals surface area contributed by atoms with E-state index < -0.39 is 0 Å². The molecule has 114 valence electrons. The molecule has 2 fully saturated rings. The Kier molecular flexibility index (Phi) is 4.09. The quantitative estimate of drug-likeness (QED) is 0.902. The zero-order chi connectivity index (χ0) is 15.0. The third kappa shape index (κ3) is 2.87. The van der Waals surface area contributed by atoms with Crippen molar-refractivity contribution in [1.29, 1.82) is 0 Å². The molecule has 4 nitrogen and oxygen atoms in total. The van der Waals surface area contributed by atoms with E-state index in [0.29, 0.717) is 28.7 Å². The van der Waals surface area contributed by atoms with Gasteiger partial charge in [-0.15, -0.1) is 0 Å². The zero-order valence-electron chi connectivity index (χ0n) is 12.5. The highest BCUT2D eigenvalue weighted by Gasteiger charge is 2.38. The topological polar surface area (TPSA) is 44.4 Å². The molecule has 2 aliphatic rings.